The van der Waals surface area contributed by atoms with Crippen LogP contribution in [0.1, 0.15) is 37.4 Å². The van der Waals surface area contributed by atoms with Crippen LogP contribution in [0, 0.1) is 10.1 Å². The van der Waals surface area contributed by atoms with E-state index in [0.29, 0.717) is 12.1 Å². The van der Waals surface area contributed by atoms with Crippen molar-refractivity contribution in [1.82, 2.24) is 5.01 Å². The van der Waals surface area contributed by atoms with E-state index in [1.165, 1.54) is 18.2 Å². The Hall–Kier alpha value is -3.68. The highest BCUT2D eigenvalue weighted by molar-refractivity contribution is 6.02. The van der Waals surface area contributed by atoms with E-state index in [-0.39, 0.29) is 18.3 Å². The van der Waals surface area contributed by atoms with Gasteiger partial charge in [-0.25, -0.2) is 4.79 Å². The Balaban J connectivity index is 1.95. The molecule has 30 heavy (non-hydrogen) atoms. The fourth-order valence-electron chi connectivity index (χ4n) is 3.29. The van der Waals surface area contributed by atoms with E-state index >= 15 is 0 Å². The Morgan fingerprint density at radius 1 is 1.23 bits per heavy atom. The molecule has 0 spiro atoms. The number of methoxy groups -OCH3 is 1. The number of benzene rings is 2. The maximum Gasteiger partial charge on any atom is 0.332 e. The molecule has 8 nitrogen and oxygen atoms in total. The van der Waals surface area contributed by atoms with Gasteiger partial charge in [-0.3, -0.25) is 15.1 Å². The standard InChI is InChI=1S/C22H23N3O5/c1-4-30-22(26)13-15(2)24-21(17-5-9-18(10-6-17)25(27)28)14-20(23-24)16-7-11-19(29-3)12-8-16/h5-13,21H,4,14H2,1-3H3/b15-13+/t21-/m1/s1. The fraction of sp³-hybridized carbons (Fsp3) is 0.273. The molecule has 0 aliphatic carbocycles. The number of hydrogen-bond donors (Lipinski definition) is 0. The van der Waals surface area contributed by atoms with Crippen LogP contribution < -0.4 is 4.74 Å². The second kappa shape index (κ2) is 9.21. The molecule has 0 N–H and O–H groups in total. The van der Waals surface area contributed by atoms with Crippen LogP contribution in [0.5, 0.6) is 5.75 Å². The molecule has 2 aromatic carbocycles. The third-order valence-corrected chi connectivity index (χ3v) is 4.80. The number of nitrogens with zero attached hydrogens (tertiary/aromatic N) is 3. The van der Waals surface area contributed by atoms with Crippen molar-refractivity contribution in [2.75, 3.05) is 13.7 Å². The monoisotopic (exact) mass is 409 g/mol. The van der Waals surface area contributed by atoms with E-state index in [9.17, 15) is 14.9 Å². The van der Waals surface area contributed by atoms with Crippen molar-refractivity contribution in [2.45, 2.75) is 26.3 Å². The van der Waals surface area contributed by atoms with Gasteiger partial charge >= 0.3 is 5.97 Å². The molecule has 3 rings (SSSR count). The minimum Gasteiger partial charge on any atom is -0.497 e. The van der Waals surface area contributed by atoms with Gasteiger partial charge in [-0.05, 0) is 49.2 Å². The number of carbonyl (C=O) groups is 1. The number of ether oxygens (including phenoxy) is 2. The molecule has 0 unspecified atom stereocenters. The molecular weight excluding hydrogens is 386 g/mol. The smallest absolute Gasteiger partial charge is 0.332 e. The number of hydrazone groups is 1. The van der Waals surface area contributed by atoms with Gasteiger partial charge in [-0.2, -0.15) is 5.10 Å². The molecule has 0 radical (unpaired) electrons. The van der Waals surface area contributed by atoms with Crippen molar-refractivity contribution in [3.63, 3.8) is 0 Å². The molecule has 0 saturated heterocycles. The number of allylic oxidation sites excluding steroid dienone is 1. The van der Waals surface area contributed by atoms with Gasteiger partial charge in [-0.15, -0.1) is 0 Å². The molecule has 1 aliphatic heterocycles. The van der Waals surface area contributed by atoms with Crippen molar-refractivity contribution in [1.29, 1.82) is 0 Å². The van der Waals surface area contributed by atoms with Crippen LogP contribution in [0.25, 0.3) is 0 Å². The van der Waals surface area contributed by atoms with Crippen molar-refractivity contribution < 1.29 is 19.2 Å². The minimum atomic E-state index is -0.439. The van der Waals surface area contributed by atoms with Crippen molar-refractivity contribution >= 4 is 17.4 Å². The quantitative estimate of drug-likeness (QED) is 0.294. The topological polar surface area (TPSA) is 94.3 Å². The Morgan fingerprint density at radius 3 is 2.47 bits per heavy atom. The Bertz CT molecular complexity index is 981. The van der Waals surface area contributed by atoms with E-state index in [1.807, 2.05) is 24.3 Å². The molecule has 0 fully saturated rings. The number of rotatable bonds is 7. The van der Waals surface area contributed by atoms with E-state index < -0.39 is 10.9 Å². The first kappa shape index (κ1) is 21.0. The average Bonchev–Trinajstić information content (AvgIpc) is 3.19. The first-order valence-electron chi connectivity index (χ1n) is 9.53. The van der Waals surface area contributed by atoms with Gasteiger partial charge < -0.3 is 9.47 Å². The normalized spacial score (nSPS) is 16.2. The largest absolute Gasteiger partial charge is 0.497 e. The van der Waals surface area contributed by atoms with Crippen LogP contribution in [-0.2, 0) is 9.53 Å². The van der Waals surface area contributed by atoms with Gasteiger partial charge in [0, 0.05) is 30.3 Å². The number of non-ortho nitro benzene ring substituents is 1. The number of carbonyl (C=O) groups excluding carboxylic acids is 1. The summed E-state index contributed by atoms with van der Waals surface area (Å²) in [4.78, 5) is 22.5. The van der Waals surface area contributed by atoms with Crippen LogP contribution >= 0.6 is 0 Å². The summed E-state index contributed by atoms with van der Waals surface area (Å²) in [6.07, 6.45) is 1.99. The first-order chi connectivity index (χ1) is 14.4. The summed E-state index contributed by atoms with van der Waals surface area (Å²) in [7, 11) is 1.61. The lowest BCUT2D eigenvalue weighted by Crippen LogP contribution is -2.19. The maximum atomic E-state index is 11.9. The third-order valence-electron chi connectivity index (χ3n) is 4.80. The molecule has 156 valence electrons. The summed E-state index contributed by atoms with van der Waals surface area (Å²) in [6.45, 7) is 3.82. The number of nitro groups is 1. The minimum absolute atomic E-state index is 0.0263. The lowest BCUT2D eigenvalue weighted by atomic mass is 9.98. The summed E-state index contributed by atoms with van der Waals surface area (Å²) < 4.78 is 10.2. The lowest BCUT2D eigenvalue weighted by Gasteiger charge is -2.24. The molecule has 0 aromatic heterocycles. The van der Waals surface area contributed by atoms with E-state index in [2.05, 4.69) is 0 Å². The van der Waals surface area contributed by atoms with Gasteiger partial charge in [0.15, 0.2) is 0 Å². The lowest BCUT2D eigenvalue weighted by molar-refractivity contribution is -0.384. The highest BCUT2D eigenvalue weighted by Gasteiger charge is 2.30. The van der Waals surface area contributed by atoms with E-state index in [0.717, 1.165) is 22.6 Å². The highest BCUT2D eigenvalue weighted by atomic mass is 16.6. The van der Waals surface area contributed by atoms with Crippen molar-refractivity contribution in [3.05, 3.63) is 81.5 Å². The molecular formula is C22H23N3O5. The molecule has 1 atom stereocenters. The van der Waals surface area contributed by atoms with Crippen LogP contribution in [0.3, 0.4) is 0 Å². The second-order valence-electron chi connectivity index (χ2n) is 6.73. The van der Waals surface area contributed by atoms with Gasteiger partial charge in [-0.1, -0.05) is 12.1 Å². The third kappa shape index (κ3) is 4.65. The molecule has 0 bridgehead atoms. The van der Waals surface area contributed by atoms with Crippen LogP contribution in [0.4, 0.5) is 5.69 Å². The van der Waals surface area contributed by atoms with Crippen LogP contribution in [0.2, 0.25) is 0 Å². The number of hydrogen-bond acceptors (Lipinski definition) is 7. The number of nitro benzene ring substituents is 1. The van der Waals surface area contributed by atoms with Crippen LogP contribution in [-0.4, -0.2) is 35.3 Å². The van der Waals surface area contributed by atoms with Gasteiger partial charge in [0.25, 0.3) is 5.69 Å². The average molecular weight is 409 g/mol. The van der Waals surface area contributed by atoms with E-state index in [4.69, 9.17) is 14.6 Å². The summed E-state index contributed by atoms with van der Waals surface area (Å²) in [5, 5.41) is 17.5. The Morgan fingerprint density at radius 2 is 1.90 bits per heavy atom. The van der Waals surface area contributed by atoms with Gasteiger partial charge in [0.05, 0.1) is 30.4 Å². The van der Waals surface area contributed by atoms with Crippen molar-refractivity contribution in [2.24, 2.45) is 5.10 Å². The maximum absolute atomic E-state index is 11.9. The van der Waals surface area contributed by atoms with E-state index in [1.54, 1.807) is 38.1 Å². The fourth-order valence-corrected chi connectivity index (χ4v) is 3.29. The summed E-state index contributed by atoms with van der Waals surface area (Å²) in [5.74, 6) is 0.310. The zero-order valence-electron chi connectivity index (χ0n) is 17.1. The molecule has 2 aromatic rings. The molecule has 1 aliphatic rings. The summed E-state index contributed by atoms with van der Waals surface area (Å²) >= 11 is 0. The Labute approximate surface area is 174 Å². The molecule has 0 amide bonds. The number of esters is 1. The summed E-state index contributed by atoms with van der Waals surface area (Å²) in [6, 6.07) is 13.8. The predicted octanol–water partition coefficient (Wildman–Crippen LogP) is 4.22. The predicted molar refractivity (Wildman–Crippen MR) is 112 cm³/mol. The second-order valence-corrected chi connectivity index (χ2v) is 6.73. The Kier molecular flexibility index (Phi) is 6.46. The molecule has 0 saturated carbocycles. The SMILES string of the molecule is CCOC(=O)/C=C(\C)N1N=C(c2ccc(OC)cc2)C[C@@H]1c1ccc([N+](=O)[O-])cc1. The van der Waals surface area contributed by atoms with Crippen LogP contribution in [0.15, 0.2) is 65.4 Å². The van der Waals surface area contributed by atoms with Gasteiger partial charge in [0.1, 0.15) is 5.75 Å². The van der Waals surface area contributed by atoms with Gasteiger partial charge in [0.2, 0.25) is 0 Å². The highest BCUT2D eigenvalue weighted by Crippen LogP contribution is 2.36. The molecule has 1 heterocycles. The molecule has 8 heteroatoms. The first-order valence-corrected chi connectivity index (χ1v) is 9.53. The zero-order valence-corrected chi connectivity index (χ0v) is 17.1. The van der Waals surface area contributed by atoms with Crippen molar-refractivity contribution in [3.8, 4) is 5.75 Å². The zero-order chi connectivity index (χ0) is 21.7. The summed E-state index contributed by atoms with van der Waals surface area (Å²) in [5.41, 5.74) is 3.30.